The number of hydrogen-bond acceptors (Lipinski definition) is 6. The van der Waals surface area contributed by atoms with Crippen LogP contribution >= 0.6 is 11.3 Å². The summed E-state index contributed by atoms with van der Waals surface area (Å²) in [5.74, 6) is -0.878. The fraction of sp³-hybridized carbons (Fsp3) is 0.632. The Hall–Kier alpha value is -1.89. The summed E-state index contributed by atoms with van der Waals surface area (Å²) < 4.78 is 9.92. The third-order valence-electron chi connectivity index (χ3n) is 4.63. The molecule has 0 aromatic carbocycles. The van der Waals surface area contributed by atoms with Crippen LogP contribution in [-0.4, -0.2) is 31.1 Å². The van der Waals surface area contributed by atoms with E-state index in [4.69, 9.17) is 9.47 Å². The van der Waals surface area contributed by atoms with Crippen molar-refractivity contribution < 1.29 is 23.9 Å². The van der Waals surface area contributed by atoms with Gasteiger partial charge in [-0.05, 0) is 43.1 Å². The van der Waals surface area contributed by atoms with E-state index in [1.807, 2.05) is 0 Å². The van der Waals surface area contributed by atoms with E-state index in [0.717, 1.165) is 29.7 Å². The van der Waals surface area contributed by atoms with Gasteiger partial charge in [-0.25, -0.2) is 4.79 Å². The van der Waals surface area contributed by atoms with E-state index >= 15 is 0 Å². The first-order valence-corrected chi connectivity index (χ1v) is 9.70. The first-order chi connectivity index (χ1) is 12.1. The third-order valence-corrected chi connectivity index (χ3v) is 5.80. The summed E-state index contributed by atoms with van der Waals surface area (Å²) in [5, 5.41) is 3.20. The van der Waals surface area contributed by atoms with Crippen LogP contribution < -0.4 is 5.32 Å². The van der Waals surface area contributed by atoms with Crippen molar-refractivity contribution in [1.82, 2.24) is 0 Å². The lowest BCUT2D eigenvalue weighted by atomic mass is 9.72. The van der Waals surface area contributed by atoms with Gasteiger partial charge in [-0.3, -0.25) is 9.59 Å². The molecule has 0 fully saturated rings. The smallest absolute Gasteiger partial charge is 0.341 e. The average Bonchev–Trinajstić information content (AvgIpc) is 2.89. The molecule has 0 spiro atoms. The number of amides is 1. The maximum absolute atomic E-state index is 12.5. The number of fused-ring (bicyclic) bond motifs is 1. The van der Waals surface area contributed by atoms with Crippen LogP contribution in [0.4, 0.5) is 5.00 Å². The highest BCUT2D eigenvalue weighted by Crippen LogP contribution is 2.44. The largest absolute Gasteiger partial charge is 0.462 e. The predicted octanol–water partition coefficient (Wildman–Crippen LogP) is 3.58. The van der Waals surface area contributed by atoms with Crippen molar-refractivity contribution in [2.24, 2.45) is 11.3 Å². The van der Waals surface area contributed by atoms with Crippen molar-refractivity contribution in [2.45, 2.75) is 53.9 Å². The van der Waals surface area contributed by atoms with E-state index in [2.05, 4.69) is 26.1 Å². The molecule has 1 aromatic heterocycles. The van der Waals surface area contributed by atoms with Crippen molar-refractivity contribution in [3.05, 3.63) is 16.0 Å². The summed E-state index contributed by atoms with van der Waals surface area (Å²) >= 11 is 1.43. The molecule has 1 atom stereocenters. The van der Waals surface area contributed by atoms with Gasteiger partial charge in [0, 0.05) is 11.8 Å². The second kappa shape index (κ2) is 8.20. The first kappa shape index (κ1) is 20.4. The number of esters is 2. The zero-order valence-corrected chi connectivity index (χ0v) is 16.9. The molecule has 1 heterocycles. The van der Waals surface area contributed by atoms with Gasteiger partial charge >= 0.3 is 11.9 Å². The maximum Gasteiger partial charge on any atom is 0.341 e. The Bertz CT molecular complexity index is 702. The van der Waals surface area contributed by atoms with Gasteiger partial charge in [-0.1, -0.05) is 20.8 Å². The van der Waals surface area contributed by atoms with Crippen LogP contribution in [0.2, 0.25) is 0 Å². The van der Waals surface area contributed by atoms with Crippen molar-refractivity contribution in [1.29, 1.82) is 0 Å². The zero-order chi connectivity index (χ0) is 19.5. The van der Waals surface area contributed by atoms with Crippen molar-refractivity contribution in [3.8, 4) is 0 Å². The highest BCUT2D eigenvalue weighted by Gasteiger charge is 2.34. The van der Waals surface area contributed by atoms with Crippen LogP contribution in [0, 0.1) is 11.3 Å². The minimum absolute atomic E-state index is 0.185. The number of carbonyl (C=O) groups excluding carboxylic acids is 3. The molecule has 26 heavy (non-hydrogen) atoms. The Morgan fingerprint density at radius 2 is 1.92 bits per heavy atom. The second-order valence-electron chi connectivity index (χ2n) is 7.56. The summed E-state index contributed by atoms with van der Waals surface area (Å²) in [7, 11) is 0. The van der Waals surface area contributed by atoms with Gasteiger partial charge in [0.1, 0.15) is 5.00 Å². The molecule has 1 aromatic rings. The van der Waals surface area contributed by atoms with Crippen molar-refractivity contribution in [3.63, 3.8) is 0 Å². The quantitative estimate of drug-likeness (QED) is 0.789. The van der Waals surface area contributed by atoms with E-state index < -0.39 is 17.8 Å². The van der Waals surface area contributed by atoms with E-state index in [9.17, 15) is 14.4 Å². The van der Waals surface area contributed by atoms with Gasteiger partial charge in [0.2, 0.25) is 0 Å². The average molecular weight is 381 g/mol. The number of ether oxygens (including phenoxy) is 2. The monoisotopic (exact) mass is 381 g/mol. The van der Waals surface area contributed by atoms with Crippen LogP contribution in [0.1, 0.15) is 61.8 Å². The molecule has 0 saturated carbocycles. The Morgan fingerprint density at radius 3 is 2.50 bits per heavy atom. The highest BCUT2D eigenvalue weighted by atomic mass is 32.1. The molecule has 1 aliphatic carbocycles. The van der Waals surface area contributed by atoms with Crippen LogP contribution in [-0.2, 0) is 31.9 Å². The summed E-state index contributed by atoms with van der Waals surface area (Å²) in [6.45, 7) is 9.58. The summed E-state index contributed by atoms with van der Waals surface area (Å²) in [4.78, 5) is 36.5. The Balaban J connectivity index is 2.29. The van der Waals surface area contributed by atoms with Gasteiger partial charge in [0.05, 0.1) is 12.2 Å². The molecule has 1 amide bonds. The fourth-order valence-corrected chi connectivity index (χ4v) is 4.49. The Kier molecular flexibility index (Phi) is 6.44. The minimum Gasteiger partial charge on any atom is -0.462 e. The topological polar surface area (TPSA) is 81.7 Å². The van der Waals surface area contributed by atoms with Crippen LogP contribution in [0.5, 0.6) is 0 Å². The van der Waals surface area contributed by atoms with Gasteiger partial charge in [-0.2, -0.15) is 0 Å². The molecule has 0 saturated heterocycles. The van der Waals surface area contributed by atoms with Gasteiger partial charge in [-0.15, -0.1) is 11.3 Å². The summed E-state index contributed by atoms with van der Waals surface area (Å²) in [6, 6.07) is 0. The second-order valence-corrected chi connectivity index (χ2v) is 8.67. The van der Waals surface area contributed by atoms with Crippen LogP contribution in [0.15, 0.2) is 0 Å². The molecule has 0 bridgehead atoms. The molecule has 0 aliphatic heterocycles. The molecule has 1 unspecified atom stereocenters. The third kappa shape index (κ3) is 4.84. The molecular weight excluding hydrogens is 354 g/mol. The highest BCUT2D eigenvalue weighted by molar-refractivity contribution is 7.17. The van der Waals surface area contributed by atoms with Crippen LogP contribution in [0.3, 0.4) is 0 Å². The van der Waals surface area contributed by atoms with Crippen molar-refractivity contribution in [2.75, 3.05) is 18.5 Å². The number of carbonyl (C=O) groups is 3. The minimum atomic E-state index is -0.524. The predicted molar refractivity (Wildman–Crippen MR) is 101 cm³/mol. The number of thiophene rings is 1. The van der Waals surface area contributed by atoms with E-state index in [0.29, 0.717) is 16.5 Å². The molecule has 1 N–H and O–H groups in total. The normalized spacial score (nSPS) is 16.6. The van der Waals surface area contributed by atoms with E-state index in [-0.39, 0.29) is 18.6 Å². The number of nitrogens with one attached hydrogen (secondary N) is 1. The lowest BCUT2D eigenvalue weighted by Gasteiger charge is -2.33. The van der Waals surface area contributed by atoms with Crippen molar-refractivity contribution >= 4 is 34.2 Å². The SMILES string of the molecule is CCOC(=O)c1c(NC(=O)COC(C)=O)sc2c1CCC(C(C)(C)C)C2. The fourth-order valence-electron chi connectivity index (χ4n) is 3.16. The molecule has 144 valence electrons. The Morgan fingerprint density at radius 1 is 1.23 bits per heavy atom. The molecule has 0 radical (unpaired) electrons. The molecular formula is C19H27NO5S. The molecule has 6 nitrogen and oxygen atoms in total. The standard InChI is InChI=1S/C19H27NO5S/c1-6-24-18(23)16-13-8-7-12(19(3,4)5)9-14(13)26-17(16)20-15(22)10-25-11(2)21/h12H,6-10H2,1-5H3,(H,20,22). The Labute approximate surface area is 158 Å². The van der Waals surface area contributed by atoms with E-state index in [1.54, 1.807) is 6.92 Å². The maximum atomic E-state index is 12.5. The van der Waals surface area contributed by atoms with Gasteiger partial charge < -0.3 is 14.8 Å². The lowest BCUT2D eigenvalue weighted by Crippen LogP contribution is -2.26. The van der Waals surface area contributed by atoms with E-state index in [1.165, 1.54) is 18.3 Å². The number of rotatable bonds is 5. The van der Waals surface area contributed by atoms with Gasteiger partial charge in [0.25, 0.3) is 5.91 Å². The molecule has 1 aliphatic rings. The lowest BCUT2D eigenvalue weighted by molar-refractivity contribution is -0.144. The van der Waals surface area contributed by atoms with Gasteiger partial charge in [0.15, 0.2) is 6.61 Å². The number of anilines is 1. The molecule has 2 rings (SSSR count). The summed E-state index contributed by atoms with van der Waals surface area (Å²) in [5.41, 5.74) is 1.62. The van der Waals surface area contributed by atoms with Crippen LogP contribution in [0.25, 0.3) is 0 Å². The molecule has 7 heteroatoms. The number of hydrogen-bond donors (Lipinski definition) is 1. The summed E-state index contributed by atoms with van der Waals surface area (Å²) in [6.07, 6.45) is 2.68. The zero-order valence-electron chi connectivity index (χ0n) is 16.1. The first-order valence-electron chi connectivity index (χ1n) is 8.88.